The maximum Gasteiger partial charge on any atom is 0.416 e. The molecule has 5 rings (SSSR count). The van der Waals surface area contributed by atoms with E-state index in [1.807, 2.05) is 6.07 Å². The van der Waals surface area contributed by atoms with Crippen LogP contribution in [0.3, 0.4) is 0 Å². The number of halogens is 3. The minimum atomic E-state index is -4.56. The molecule has 2 aromatic heterocycles. The zero-order valence-electron chi connectivity index (χ0n) is 21.3. The lowest BCUT2D eigenvalue weighted by atomic mass is 9.95. The van der Waals surface area contributed by atoms with Gasteiger partial charge in [-0.05, 0) is 82.9 Å². The van der Waals surface area contributed by atoms with Gasteiger partial charge in [0, 0.05) is 36.0 Å². The molecule has 14 heteroatoms. The Bertz CT molecular complexity index is 1890. The highest BCUT2D eigenvalue weighted by atomic mass is 32.2. The molecular weight excluding hydrogens is 589 g/mol. The van der Waals surface area contributed by atoms with E-state index in [-0.39, 0.29) is 33.6 Å². The fraction of sp³-hybridized carbons (Fsp3) is 0.0714. The Hall–Kier alpha value is -4.84. The first-order valence-corrected chi connectivity index (χ1v) is 14.3. The molecule has 0 aliphatic rings. The molecule has 0 amide bonds. The summed E-state index contributed by atoms with van der Waals surface area (Å²) in [5.74, 6) is 0.343. The lowest BCUT2D eigenvalue weighted by Gasteiger charge is -2.16. The molecule has 5 aromatic rings. The Morgan fingerprint density at radius 2 is 1.71 bits per heavy atom. The summed E-state index contributed by atoms with van der Waals surface area (Å²) in [6, 6.07) is 17.6. The van der Waals surface area contributed by atoms with Gasteiger partial charge in [0.1, 0.15) is 23.9 Å². The third-order valence-electron chi connectivity index (χ3n) is 6.04. The first-order valence-electron chi connectivity index (χ1n) is 12.0. The Labute approximate surface area is 242 Å². The zero-order chi connectivity index (χ0) is 29.9. The Morgan fingerprint density at radius 1 is 0.952 bits per heavy atom. The van der Waals surface area contributed by atoms with Gasteiger partial charge < -0.3 is 10.5 Å². The standard InChI is InChI=1S/C28H19F3N6O3S2/c29-28(30,31)22-10-17(14-32)9-20(11-22)19-1-3-26(24(13-19)18-5-7-34-8-6-18)40-25-4-2-23(12-21(25)15-33)42(38,39)37-27-35-16-36-41-27/h1-13,16H,14,32H2,(H,35,36,37). The number of hydrogen-bond acceptors (Lipinski definition) is 9. The smallest absolute Gasteiger partial charge is 0.416 e. The number of alkyl halides is 3. The van der Waals surface area contributed by atoms with Gasteiger partial charge in [-0.2, -0.15) is 22.8 Å². The van der Waals surface area contributed by atoms with Crippen LogP contribution < -0.4 is 15.2 Å². The van der Waals surface area contributed by atoms with E-state index < -0.39 is 21.8 Å². The van der Waals surface area contributed by atoms with Gasteiger partial charge in [0.25, 0.3) is 10.0 Å². The molecule has 2 heterocycles. The predicted molar refractivity (Wildman–Crippen MR) is 150 cm³/mol. The van der Waals surface area contributed by atoms with Crippen LogP contribution in [-0.2, 0) is 22.7 Å². The molecule has 212 valence electrons. The topological polar surface area (TPSA) is 144 Å². The van der Waals surface area contributed by atoms with Crippen molar-refractivity contribution in [3.8, 4) is 39.8 Å². The molecule has 3 N–H and O–H groups in total. The van der Waals surface area contributed by atoms with Gasteiger partial charge in [0.05, 0.1) is 16.0 Å². The van der Waals surface area contributed by atoms with Gasteiger partial charge >= 0.3 is 6.18 Å². The maximum atomic E-state index is 13.6. The molecule has 9 nitrogen and oxygen atoms in total. The Morgan fingerprint density at radius 3 is 2.38 bits per heavy atom. The summed E-state index contributed by atoms with van der Waals surface area (Å²) < 4.78 is 78.4. The highest BCUT2D eigenvalue weighted by Crippen LogP contribution is 2.40. The van der Waals surface area contributed by atoms with Crippen molar-refractivity contribution >= 4 is 26.7 Å². The lowest BCUT2D eigenvalue weighted by molar-refractivity contribution is -0.137. The second-order valence-electron chi connectivity index (χ2n) is 8.79. The molecule has 0 radical (unpaired) electrons. The van der Waals surface area contributed by atoms with Crippen LogP contribution in [0.4, 0.5) is 18.3 Å². The second kappa shape index (κ2) is 11.6. The van der Waals surface area contributed by atoms with Crippen molar-refractivity contribution in [3.63, 3.8) is 0 Å². The fourth-order valence-electron chi connectivity index (χ4n) is 4.06. The van der Waals surface area contributed by atoms with E-state index in [1.165, 1.54) is 18.5 Å². The average Bonchev–Trinajstić information content (AvgIpc) is 3.49. The number of hydrogen-bond donors (Lipinski definition) is 2. The van der Waals surface area contributed by atoms with Crippen molar-refractivity contribution in [2.24, 2.45) is 5.73 Å². The van der Waals surface area contributed by atoms with Gasteiger partial charge in [0.15, 0.2) is 0 Å². The number of nitrogens with zero attached hydrogens (tertiary/aromatic N) is 4. The van der Waals surface area contributed by atoms with Crippen LogP contribution in [0.15, 0.2) is 90.3 Å². The van der Waals surface area contributed by atoms with Crippen molar-refractivity contribution in [2.45, 2.75) is 17.6 Å². The summed E-state index contributed by atoms with van der Waals surface area (Å²) in [5.41, 5.74) is 7.03. The monoisotopic (exact) mass is 608 g/mol. The first-order chi connectivity index (χ1) is 20.1. The zero-order valence-corrected chi connectivity index (χ0v) is 23.0. The van der Waals surface area contributed by atoms with Crippen molar-refractivity contribution in [1.29, 1.82) is 5.26 Å². The third kappa shape index (κ3) is 6.23. The second-order valence-corrected chi connectivity index (χ2v) is 11.3. The van der Waals surface area contributed by atoms with Crippen LogP contribution in [0.2, 0.25) is 0 Å². The average molecular weight is 609 g/mol. The summed E-state index contributed by atoms with van der Waals surface area (Å²) in [6.07, 6.45) is -0.255. The highest BCUT2D eigenvalue weighted by molar-refractivity contribution is 7.93. The molecule has 0 spiro atoms. The van der Waals surface area contributed by atoms with Crippen LogP contribution in [0.5, 0.6) is 11.5 Å². The molecule has 0 aliphatic carbocycles. The molecule has 3 aromatic carbocycles. The summed E-state index contributed by atoms with van der Waals surface area (Å²) in [7, 11) is -4.06. The molecule has 0 aliphatic heterocycles. The van der Waals surface area contributed by atoms with Crippen LogP contribution in [0, 0.1) is 11.3 Å². The number of nitrogens with two attached hydrogens (primary N) is 1. The van der Waals surface area contributed by atoms with Crippen molar-refractivity contribution in [3.05, 3.63) is 102 Å². The van der Waals surface area contributed by atoms with E-state index in [4.69, 9.17) is 10.5 Å². The normalized spacial score (nSPS) is 11.6. The molecule has 42 heavy (non-hydrogen) atoms. The summed E-state index contributed by atoms with van der Waals surface area (Å²) in [4.78, 5) is 7.63. The molecule has 0 atom stereocenters. The number of anilines is 1. The number of sulfonamides is 1. The number of nitriles is 1. The molecule has 0 saturated carbocycles. The van der Waals surface area contributed by atoms with E-state index in [2.05, 4.69) is 19.1 Å². The lowest BCUT2D eigenvalue weighted by Crippen LogP contribution is -2.13. The number of benzene rings is 3. The first kappa shape index (κ1) is 28.7. The van der Waals surface area contributed by atoms with Crippen LogP contribution in [0.25, 0.3) is 22.3 Å². The Kier molecular flexibility index (Phi) is 7.90. The Balaban J connectivity index is 1.55. The predicted octanol–water partition coefficient (Wildman–Crippen LogP) is 6.21. The molecule has 0 bridgehead atoms. The van der Waals surface area contributed by atoms with Gasteiger partial charge in [-0.15, -0.1) is 0 Å². The van der Waals surface area contributed by atoms with Crippen LogP contribution in [-0.4, -0.2) is 22.8 Å². The van der Waals surface area contributed by atoms with Crippen molar-refractivity contribution < 1.29 is 26.3 Å². The van der Waals surface area contributed by atoms with Gasteiger partial charge in [-0.25, -0.2) is 13.4 Å². The number of ether oxygens (including phenoxy) is 1. The van der Waals surface area contributed by atoms with Crippen molar-refractivity contribution in [2.75, 3.05) is 4.72 Å². The highest BCUT2D eigenvalue weighted by Gasteiger charge is 2.31. The van der Waals surface area contributed by atoms with Gasteiger partial charge in [-0.3, -0.25) is 9.71 Å². The van der Waals surface area contributed by atoms with Gasteiger partial charge in [-0.1, -0.05) is 6.07 Å². The van der Waals surface area contributed by atoms with E-state index in [0.29, 0.717) is 27.8 Å². The molecule has 0 saturated heterocycles. The molecule has 0 unspecified atom stereocenters. The fourth-order valence-corrected chi connectivity index (χ4v) is 5.75. The van der Waals surface area contributed by atoms with Crippen LogP contribution in [0.1, 0.15) is 16.7 Å². The van der Waals surface area contributed by atoms with Crippen LogP contribution >= 0.6 is 11.5 Å². The summed E-state index contributed by atoms with van der Waals surface area (Å²) in [6.45, 7) is -0.0752. The number of aromatic nitrogens is 3. The summed E-state index contributed by atoms with van der Waals surface area (Å²) >= 11 is 0.855. The SMILES string of the molecule is N#Cc1cc(S(=O)(=O)Nc2ncns2)ccc1Oc1ccc(-c2cc(CN)cc(C(F)(F)F)c2)cc1-c1ccncc1. The third-order valence-corrected chi connectivity index (χ3v) is 8.09. The van der Waals surface area contributed by atoms with Crippen molar-refractivity contribution in [1.82, 2.24) is 14.3 Å². The van der Waals surface area contributed by atoms with Gasteiger partial charge in [0.2, 0.25) is 5.13 Å². The molecular formula is C28H19F3N6O3S2. The minimum absolute atomic E-state index is 0.0645. The quantitative estimate of drug-likeness (QED) is 0.212. The largest absolute Gasteiger partial charge is 0.455 e. The number of nitrogens with one attached hydrogen (secondary N) is 1. The van der Waals surface area contributed by atoms with E-state index in [0.717, 1.165) is 29.7 Å². The minimum Gasteiger partial charge on any atom is -0.455 e. The summed E-state index contributed by atoms with van der Waals surface area (Å²) in [5, 5.41) is 9.85. The molecule has 0 fully saturated rings. The number of rotatable bonds is 8. The maximum absolute atomic E-state index is 13.6. The van der Waals surface area contributed by atoms with E-state index in [1.54, 1.807) is 48.8 Å². The number of pyridine rings is 1. The van der Waals surface area contributed by atoms with E-state index in [9.17, 15) is 26.9 Å². The van der Waals surface area contributed by atoms with E-state index >= 15 is 0 Å².